The number of carbonyl (C=O) groups excluding carboxylic acids is 3. The molecule has 0 aliphatic heterocycles. The molecule has 2 aromatic rings. The smallest absolute Gasteiger partial charge is 0.414 e. The molecule has 0 unspecified atom stereocenters. The molecule has 2 amide bonds. The maximum Gasteiger partial charge on any atom is 0.414 e. The van der Waals surface area contributed by atoms with Crippen molar-refractivity contribution in [2.75, 3.05) is 0 Å². The van der Waals surface area contributed by atoms with Gasteiger partial charge in [-0.3, -0.25) is 15.4 Å². The quantitative estimate of drug-likeness (QED) is 0.217. The third kappa shape index (κ3) is 10.6. The number of carboxylic acids is 1. The summed E-state index contributed by atoms with van der Waals surface area (Å²) in [5, 5.41) is 13.5. The van der Waals surface area contributed by atoms with E-state index in [9.17, 15) is 23.6 Å². The molecule has 12 heteroatoms. The Labute approximate surface area is 219 Å². The molecule has 0 heterocycles. The Morgan fingerprint density at radius 3 is 1.84 bits per heavy atom. The standard InChI is InChI=1S/C26H30FN3O8/c1-25(2,3)37-23(34)29-22(30-24(35)38-26(4,5)6)28-17-10-8-16(9-11-17)21(33)36-19-12-7-15(13-18(19)27)14-20(31)32/h7-13H,14H2,1-6H3,(H,31,32)(H2,28,29,30,34,35). The number of alkyl carbamates (subject to hydrolysis) is 2. The van der Waals surface area contributed by atoms with Crippen LogP contribution in [0.4, 0.5) is 19.7 Å². The van der Waals surface area contributed by atoms with Crippen molar-refractivity contribution in [3.05, 3.63) is 59.4 Å². The normalized spacial score (nSPS) is 11.1. The molecule has 0 saturated heterocycles. The number of aliphatic carboxylic acids is 1. The molecular weight excluding hydrogens is 501 g/mol. The number of hydrogen-bond donors (Lipinski definition) is 3. The first kappa shape index (κ1) is 29.7. The highest BCUT2D eigenvalue weighted by molar-refractivity contribution is 6.02. The molecular formula is C26H30FN3O8. The van der Waals surface area contributed by atoms with Crippen LogP contribution in [0.3, 0.4) is 0 Å². The van der Waals surface area contributed by atoms with Gasteiger partial charge >= 0.3 is 24.1 Å². The van der Waals surface area contributed by atoms with Crippen LogP contribution < -0.4 is 15.4 Å². The summed E-state index contributed by atoms with van der Waals surface area (Å²) in [6.45, 7) is 9.99. The van der Waals surface area contributed by atoms with Crippen molar-refractivity contribution in [1.29, 1.82) is 0 Å². The Morgan fingerprint density at radius 1 is 0.868 bits per heavy atom. The molecule has 0 saturated carbocycles. The fourth-order valence-electron chi connectivity index (χ4n) is 2.76. The predicted molar refractivity (Wildman–Crippen MR) is 135 cm³/mol. The van der Waals surface area contributed by atoms with Crippen molar-refractivity contribution in [3.8, 4) is 5.75 Å². The van der Waals surface area contributed by atoms with E-state index in [2.05, 4.69) is 15.6 Å². The molecule has 0 aromatic heterocycles. The summed E-state index contributed by atoms with van der Waals surface area (Å²) in [6.07, 6.45) is -2.12. The number of carbonyl (C=O) groups is 4. The lowest BCUT2D eigenvalue weighted by Gasteiger charge is -2.22. The van der Waals surface area contributed by atoms with Gasteiger partial charge in [0.25, 0.3) is 0 Å². The van der Waals surface area contributed by atoms with E-state index in [-0.39, 0.29) is 34.9 Å². The second-order valence-corrected chi connectivity index (χ2v) is 9.99. The number of nitrogens with zero attached hydrogens (tertiary/aromatic N) is 1. The number of ether oxygens (including phenoxy) is 3. The van der Waals surface area contributed by atoms with Crippen LogP contribution in [-0.4, -0.2) is 46.4 Å². The summed E-state index contributed by atoms with van der Waals surface area (Å²) < 4.78 is 29.7. The second-order valence-electron chi connectivity index (χ2n) is 9.99. The molecule has 0 spiro atoms. The van der Waals surface area contributed by atoms with Gasteiger partial charge in [0.2, 0.25) is 5.96 Å². The minimum Gasteiger partial charge on any atom is -0.481 e. The van der Waals surface area contributed by atoms with Crippen LogP contribution in [0.1, 0.15) is 57.5 Å². The first-order chi connectivity index (χ1) is 17.5. The number of rotatable bonds is 5. The summed E-state index contributed by atoms with van der Waals surface area (Å²) in [5.41, 5.74) is -1.11. The van der Waals surface area contributed by atoms with Crippen molar-refractivity contribution in [2.24, 2.45) is 4.99 Å². The van der Waals surface area contributed by atoms with Gasteiger partial charge in [-0.05, 0) is 83.5 Å². The largest absolute Gasteiger partial charge is 0.481 e. The van der Waals surface area contributed by atoms with E-state index in [1.807, 2.05) is 0 Å². The lowest BCUT2D eigenvalue weighted by molar-refractivity contribution is -0.136. The van der Waals surface area contributed by atoms with Gasteiger partial charge in [-0.25, -0.2) is 23.8 Å². The fraction of sp³-hybridized carbons (Fsp3) is 0.346. The van der Waals surface area contributed by atoms with Crippen LogP contribution in [0.15, 0.2) is 47.5 Å². The van der Waals surface area contributed by atoms with Gasteiger partial charge in [-0.15, -0.1) is 0 Å². The zero-order valence-corrected chi connectivity index (χ0v) is 21.9. The van der Waals surface area contributed by atoms with Crippen LogP contribution >= 0.6 is 0 Å². The SMILES string of the molecule is CC(C)(C)OC(=O)NC(=Nc1ccc(C(=O)Oc2ccc(CC(=O)O)cc2F)cc1)NC(=O)OC(C)(C)C. The number of amides is 2. The molecule has 0 fully saturated rings. The van der Waals surface area contributed by atoms with Gasteiger partial charge in [0.05, 0.1) is 17.7 Å². The Bertz CT molecular complexity index is 1200. The van der Waals surface area contributed by atoms with Gasteiger partial charge in [0.15, 0.2) is 11.6 Å². The first-order valence-corrected chi connectivity index (χ1v) is 11.4. The van der Waals surface area contributed by atoms with Gasteiger partial charge < -0.3 is 19.3 Å². The van der Waals surface area contributed by atoms with E-state index in [1.54, 1.807) is 41.5 Å². The van der Waals surface area contributed by atoms with E-state index < -0.39 is 41.1 Å². The van der Waals surface area contributed by atoms with E-state index in [0.717, 1.165) is 6.07 Å². The van der Waals surface area contributed by atoms with Crippen molar-refractivity contribution in [1.82, 2.24) is 10.6 Å². The van der Waals surface area contributed by atoms with Gasteiger partial charge in [0, 0.05) is 0 Å². The Balaban J connectivity index is 2.19. The topological polar surface area (TPSA) is 153 Å². The Kier molecular flexibility index (Phi) is 9.53. The van der Waals surface area contributed by atoms with E-state index in [4.69, 9.17) is 19.3 Å². The number of guanidine groups is 1. The lowest BCUT2D eigenvalue weighted by Crippen LogP contribution is -2.47. The van der Waals surface area contributed by atoms with Crippen LogP contribution in [-0.2, 0) is 20.7 Å². The molecule has 0 atom stereocenters. The zero-order chi connectivity index (χ0) is 28.7. The number of benzene rings is 2. The highest BCUT2D eigenvalue weighted by atomic mass is 19.1. The van der Waals surface area contributed by atoms with Gasteiger partial charge in [0.1, 0.15) is 11.2 Å². The molecule has 0 aliphatic rings. The van der Waals surface area contributed by atoms with Crippen molar-refractivity contribution < 1.29 is 42.9 Å². The molecule has 38 heavy (non-hydrogen) atoms. The molecule has 0 radical (unpaired) electrons. The Morgan fingerprint density at radius 2 is 1.39 bits per heavy atom. The number of hydrogen-bond acceptors (Lipinski definition) is 8. The van der Waals surface area contributed by atoms with E-state index in [0.29, 0.717) is 0 Å². The summed E-state index contributed by atoms with van der Waals surface area (Å²) in [4.78, 5) is 51.8. The third-order valence-corrected chi connectivity index (χ3v) is 4.14. The number of halogens is 1. The minimum atomic E-state index is -1.12. The summed E-state index contributed by atoms with van der Waals surface area (Å²) in [5.74, 6) is -3.53. The Hall–Kier alpha value is -4.48. The van der Waals surface area contributed by atoms with Gasteiger partial charge in [-0.2, -0.15) is 0 Å². The number of carboxylic acid groups (broad SMARTS) is 1. The van der Waals surface area contributed by atoms with Crippen molar-refractivity contribution >= 4 is 35.8 Å². The summed E-state index contributed by atoms with van der Waals surface area (Å²) in [7, 11) is 0. The molecule has 0 aliphatic carbocycles. The average Bonchev–Trinajstić information content (AvgIpc) is 2.72. The lowest BCUT2D eigenvalue weighted by atomic mass is 10.1. The number of nitrogens with one attached hydrogen (secondary N) is 2. The molecule has 3 N–H and O–H groups in total. The van der Waals surface area contributed by atoms with Crippen molar-refractivity contribution in [2.45, 2.75) is 59.2 Å². The number of aliphatic imine (C=N–C) groups is 1. The monoisotopic (exact) mass is 531 g/mol. The van der Waals surface area contributed by atoms with Crippen LogP contribution in [0.2, 0.25) is 0 Å². The van der Waals surface area contributed by atoms with Crippen LogP contribution in [0.5, 0.6) is 5.75 Å². The van der Waals surface area contributed by atoms with Crippen LogP contribution in [0, 0.1) is 5.82 Å². The summed E-state index contributed by atoms with van der Waals surface area (Å²) >= 11 is 0. The molecule has 2 aromatic carbocycles. The first-order valence-electron chi connectivity index (χ1n) is 11.4. The van der Waals surface area contributed by atoms with Crippen LogP contribution in [0.25, 0.3) is 0 Å². The molecule has 0 bridgehead atoms. The van der Waals surface area contributed by atoms with Crippen molar-refractivity contribution in [3.63, 3.8) is 0 Å². The highest BCUT2D eigenvalue weighted by Gasteiger charge is 2.21. The maximum absolute atomic E-state index is 14.2. The molecule has 204 valence electrons. The highest BCUT2D eigenvalue weighted by Crippen LogP contribution is 2.21. The maximum atomic E-state index is 14.2. The minimum absolute atomic E-state index is 0.0553. The average molecular weight is 532 g/mol. The fourth-order valence-corrected chi connectivity index (χ4v) is 2.76. The second kappa shape index (κ2) is 12.2. The molecule has 11 nitrogen and oxygen atoms in total. The van der Waals surface area contributed by atoms with E-state index in [1.165, 1.54) is 36.4 Å². The third-order valence-electron chi connectivity index (χ3n) is 4.14. The summed E-state index contributed by atoms with van der Waals surface area (Å²) in [6, 6.07) is 8.97. The number of esters is 1. The zero-order valence-electron chi connectivity index (χ0n) is 21.9. The molecule has 2 rings (SSSR count). The van der Waals surface area contributed by atoms with Gasteiger partial charge in [-0.1, -0.05) is 6.07 Å². The predicted octanol–water partition coefficient (Wildman–Crippen LogP) is 4.71. The van der Waals surface area contributed by atoms with E-state index >= 15 is 0 Å².